The van der Waals surface area contributed by atoms with E-state index in [1.54, 1.807) is 6.07 Å². The summed E-state index contributed by atoms with van der Waals surface area (Å²) in [6, 6.07) is 3.90. The van der Waals surface area contributed by atoms with Gasteiger partial charge < -0.3 is 14.7 Å². The zero-order valence-electron chi connectivity index (χ0n) is 9.48. The molecule has 94 valence electrons. The van der Waals surface area contributed by atoms with Gasteiger partial charge in [-0.2, -0.15) is 0 Å². The number of carbonyl (C=O) groups is 1. The van der Waals surface area contributed by atoms with Crippen LogP contribution in [0.4, 0.5) is 4.39 Å². The number of phenolic OH excluding ortho intramolecular Hbond substituents is 1. The van der Waals surface area contributed by atoms with Crippen molar-refractivity contribution in [1.29, 1.82) is 0 Å². The first-order chi connectivity index (χ1) is 8.52. The molecule has 2 N–H and O–H groups in total. The summed E-state index contributed by atoms with van der Waals surface area (Å²) in [5, 5.41) is 21.8. The molecular weight excluding hydrogens is 241 g/mol. The Kier molecular flexibility index (Phi) is 3.01. The van der Waals surface area contributed by atoms with E-state index in [2.05, 4.69) is 9.68 Å². The number of hydrogen-bond acceptors (Lipinski definition) is 4. The van der Waals surface area contributed by atoms with Gasteiger partial charge in [0.15, 0.2) is 11.6 Å². The first-order valence-corrected chi connectivity index (χ1v) is 5.24. The van der Waals surface area contributed by atoms with Crippen LogP contribution in [-0.4, -0.2) is 21.3 Å². The van der Waals surface area contributed by atoms with Crippen LogP contribution >= 0.6 is 0 Å². The molecule has 0 fully saturated rings. The second kappa shape index (κ2) is 4.48. The fourth-order valence-corrected chi connectivity index (χ4v) is 1.56. The third kappa shape index (κ3) is 2.04. The van der Waals surface area contributed by atoms with Gasteiger partial charge in [-0.15, -0.1) is 0 Å². The van der Waals surface area contributed by atoms with Crippen LogP contribution in [0.1, 0.15) is 23.0 Å². The van der Waals surface area contributed by atoms with Gasteiger partial charge in [0.25, 0.3) is 0 Å². The average Bonchev–Trinajstić information content (AvgIpc) is 2.82. The maximum absolute atomic E-state index is 13.5. The van der Waals surface area contributed by atoms with Gasteiger partial charge in [0.2, 0.25) is 5.76 Å². The van der Waals surface area contributed by atoms with Gasteiger partial charge in [-0.25, -0.2) is 9.18 Å². The molecule has 5 nitrogen and oxygen atoms in total. The molecule has 0 saturated carbocycles. The van der Waals surface area contributed by atoms with Crippen molar-refractivity contribution in [3.63, 3.8) is 0 Å². The average molecular weight is 251 g/mol. The van der Waals surface area contributed by atoms with Gasteiger partial charge >= 0.3 is 5.97 Å². The number of rotatable bonds is 3. The molecule has 0 unspecified atom stereocenters. The summed E-state index contributed by atoms with van der Waals surface area (Å²) in [5.74, 6) is -2.99. The minimum atomic E-state index is -1.28. The molecule has 1 heterocycles. The normalized spacial score (nSPS) is 10.6. The largest absolute Gasteiger partial charge is 0.504 e. The Bertz CT molecular complexity index is 606. The van der Waals surface area contributed by atoms with Crippen LogP contribution in [0.15, 0.2) is 22.7 Å². The number of benzene rings is 1. The molecule has 18 heavy (non-hydrogen) atoms. The minimum Gasteiger partial charge on any atom is -0.504 e. The SMILES string of the molecule is CCc1cc(F)c(O)c(-c2cc(C(=O)O)on2)c1. The van der Waals surface area contributed by atoms with Crippen molar-refractivity contribution in [1.82, 2.24) is 5.16 Å². The topological polar surface area (TPSA) is 83.6 Å². The highest BCUT2D eigenvalue weighted by Crippen LogP contribution is 2.32. The molecule has 0 aliphatic heterocycles. The minimum absolute atomic E-state index is 0.0825. The summed E-state index contributed by atoms with van der Waals surface area (Å²) in [7, 11) is 0. The molecule has 1 aromatic heterocycles. The molecular formula is C12H10FNO4. The summed E-state index contributed by atoms with van der Waals surface area (Å²) >= 11 is 0. The van der Waals surface area contributed by atoms with Crippen LogP contribution in [-0.2, 0) is 6.42 Å². The highest BCUT2D eigenvalue weighted by molar-refractivity contribution is 5.86. The number of carboxylic acids is 1. The lowest BCUT2D eigenvalue weighted by Crippen LogP contribution is -1.92. The first kappa shape index (κ1) is 12.1. The number of carboxylic acid groups (broad SMARTS) is 1. The Morgan fingerprint density at radius 3 is 2.72 bits per heavy atom. The lowest BCUT2D eigenvalue weighted by atomic mass is 10.0. The standard InChI is InChI=1S/C12H10FNO4/c1-2-6-3-7(11(15)8(13)4-6)9-5-10(12(16)17)18-14-9/h3-5,15H,2H2,1H3,(H,16,17). The third-order valence-corrected chi connectivity index (χ3v) is 2.53. The van der Waals surface area contributed by atoms with Crippen molar-refractivity contribution in [2.75, 3.05) is 0 Å². The van der Waals surface area contributed by atoms with Crippen molar-refractivity contribution in [2.24, 2.45) is 0 Å². The molecule has 0 radical (unpaired) electrons. The second-order valence-electron chi connectivity index (χ2n) is 3.71. The molecule has 0 spiro atoms. The van der Waals surface area contributed by atoms with E-state index < -0.39 is 17.5 Å². The zero-order chi connectivity index (χ0) is 13.3. The van der Waals surface area contributed by atoms with Crippen LogP contribution in [0.25, 0.3) is 11.3 Å². The zero-order valence-corrected chi connectivity index (χ0v) is 9.48. The molecule has 0 saturated heterocycles. The maximum Gasteiger partial charge on any atom is 0.374 e. The molecule has 2 rings (SSSR count). The van der Waals surface area contributed by atoms with Gasteiger partial charge in [0.1, 0.15) is 5.69 Å². The van der Waals surface area contributed by atoms with Crippen molar-refractivity contribution in [3.05, 3.63) is 35.3 Å². The van der Waals surface area contributed by atoms with Crippen molar-refractivity contribution >= 4 is 5.97 Å². The molecule has 0 aliphatic rings. The molecule has 6 heteroatoms. The summed E-state index contributed by atoms with van der Waals surface area (Å²) in [6.45, 7) is 1.83. The number of aromatic hydroxyl groups is 1. The third-order valence-electron chi connectivity index (χ3n) is 2.53. The monoisotopic (exact) mass is 251 g/mol. The lowest BCUT2D eigenvalue weighted by Gasteiger charge is -2.05. The molecule has 0 aliphatic carbocycles. The number of aromatic carboxylic acids is 1. The molecule has 1 aromatic carbocycles. The van der Waals surface area contributed by atoms with Gasteiger partial charge in [0, 0.05) is 11.6 Å². The number of nitrogens with zero attached hydrogens (tertiary/aromatic N) is 1. The van der Waals surface area contributed by atoms with E-state index >= 15 is 0 Å². The number of aryl methyl sites for hydroxylation is 1. The van der Waals surface area contributed by atoms with E-state index in [9.17, 15) is 14.3 Å². The highest BCUT2D eigenvalue weighted by Gasteiger charge is 2.17. The van der Waals surface area contributed by atoms with Gasteiger partial charge in [-0.1, -0.05) is 12.1 Å². The molecule has 0 atom stereocenters. The lowest BCUT2D eigenvalue weighted by molar-refractivity contribution is 0.0652. The number of hydrogen-bond donors (Lipinski definition) is 2. The number of halogens is 1. The van der Waals surface area contributed by atoms with Crippen LogP contribution in [0, 0.1) is 5.82 Å². The molecule has 0 bridgehead atoms. The van der Waals surface area contributed by atoms with Crippen molar-refractivity contribution in [3.8, 4) is 17.0 Å². The van der Waals surface area contributed by atoms with Crippen LogP contribution in [0.3, 0.4) is 0 Å². The Morgan fingerprint density at radius 1 is 1.44 bits per heavy atom. The number of phenols is 1. The predicted molar refractivity (Wildman–Crippen MR) is 59.9 cm³/mol. The highest BCUT2D eigenvalue weighted by atomic mass is 19.1. The van der Waals surface area contributed by atoms with E-state index in [1.165, 1.54) is 6.07 Å². The van der Waals surface area contributed by atoms with Crippen molar-refractivity contribution < 1.29 is 23.9 Å². The van der Waals surface area contributed by atoms with Crippen LogP contribution in [0.2, 0.25) is 0 Å². The van der Waals surface area contributed by atoms with Crippen molar-refractivity contribution in [2.45, 2.75) is 13.3 Å². The molecule has 2 aromatic rings. The maximum atomic E-state index is 13.5. The van der Waals surface area contributed by atoms with Crippen LogP contribution < -0.4 is 0 Å². The number of aromatic nitrogens is 1. The van der Waals surface area contributed by atoms with E-state index in [0.717, 1.165) is 6.07 Å². The summed E-state index contributed by atoms with van der Waals surface area (Å²) in [6.07, 6.45) is 0.577. The summed E-state index contributed by atoms with van der Waals surface area (Å²) < 4.78 is 18.0. The van der Waals surface area contributed by atoms with E-state index in [-0.39, 0.29) is 17.0 Å². The Labute approximate surface area is 101 Å². The molecule has 0 amide bonds. The van der Waals surface area contributed by atoms with E-state index in [4.69, 9.17) is 5.11 Å². The van der Waals surface area contributed by atoms with Gasteiger partial charge in [-0.3, -0.25) is 0 Å². The Balaban J connectivity index is 2.55. The Hall–Kier alpha value is -2.37. The van der Waals surface area contributed by atoms with E-state index in [1.807, 2.05) is 6.92 Å². The summed E-state index contributed by atoms with van der Waals surface area (Å²) in [4.78, 5) is 10.7. The van der Waals surface area contributed by atoms with Gasteiger partial charge in [-0.05, 0) is 24.1 Å². The second-order valence-corrected chi connectivity index (χ2v) is 3.71. The fourth-order valence-electron chi connectivity index (χ4n) is 1.56. The first-order valence-electron chi connectivity index (χ1n) is 5.24. The smallest absolute Gasteiger partial charge is 0.374 e. The van der Waals surface area contributed by atoms with Gasteiger partial charge in [0.05, 0.1) is 0 Å². The predicted octanol–water partition coefficient (Wildman–Crippen LogP) is 2.45. The quantitative estimate of drug-likeness (QED) is 0.875. The fraction of sp³-hybridized carbons (Fsp3) is 0.167. The van der Waals surface area contributed by atoms with Crippen LogP contribution in [0.5, 0.6) is 5.75 Å². The van der Waals surface area contributed by atoms with E-state index in [0.29, 0.717) is 12.0 Å². The summed E-state index contributed by atoms with van der Waals surface area (Å²) in [5.41, 5.74) is 0.863. The Morgan fingerprint density at radius 2 is 2.17 bits per heavy atom.